The van der Waals surface area contributed by atoms with Crippen LogP contribution in [0.2, 0.25) is 5.02 Å². The third-order valence-electron chi connectivity index (χ3n) is 2.96. The highest BCUT2D eigenvalue weighted by atomic mass is 35.5. The predicted octanol–water partition coefficient (Wildman–Crippen LogP) is 4.93. The molecular weight excluding hydrogens is 258 g/mol. The van der Waals surface area contributed by atoms with E-state index in [1.807, 2.05) is 39.0 Å². The van der Waals surface area contributed by atoms with Crippen LogP contribution in [-0.2, 0) is 0 Å². The predicted molar refractivity (Wildman–Crippen MR) is 76.9 cm³/mol. The number of rotatable bonds is 2. The summed E-state index contributed by atoms with van der Waals surface area (Å²) >= 11 is 6.13. The summed E-state index contributed by atoms with van der Waals surface area (Å²) in [5.41, 5.74) is 3.54. The first-order chi connectivity index (χ1) is 9.01. The van der Waals surface area contributed by atoms with Crippen molar-refractivity contribution in [3.8, 4) is 17.6 Å². The molecular formula is C16H14ClNO. The summed E-state index contributed by atoms with van der Waals surface area (Å²) in [6.07, 6.45) is 0. The number of nitrogens with zero attached hydrogens (tertiary/aromatic N) is 1. The summed E-state index contributed by atoms with van der Waals surface area (Å²) < 4.78 is 5.81. The molecule has 0 radical (unpaired) electrons. The second-order valence-electron chi connectivity index (χ2n) is 4.56. The number of aryl methyl sites for hydroxylation is 3. The van der Waals surface area contributed by atoms with Gasteiger partial charge in [-0.05, 0) is 67.8 Å². The van der Waals surface area contributed by atoms with Gasteiger partial charge >= 0.3 is 0 Å². The Morgan fingerprint density at radius 1 is 0.947 bits per heavy atom. The van der Waals surface area contributed by atoms with Crippen molar-refractivity contribution < 1.29 is 4.74 Å². The molecule has 0 aliphatic rings. The summed E-state index contributed by atoms with van der Waals surface area (Å²) in [6.45, 7) is 5.79. The van der Waals surface area contributed by atoms with Crippen LogP contribution in [0.4, 0.5) is 0 Å². The fourth-order valence-corrected chi connectivity index (χ4v) is 2.04. The average molecular weight is 272 g/mol. The second-order valence-corrected chi connectivity index (χ2v) is 4.94. The van der Waals surface area contributed by atoms with Gasteiger partial charge in [0.15, 0.2) is 0 Å². The van der Waals surface area contributed by atoms with Gasteiger partial charge in [0.25, 0.3) is 0 Å². The fourth-order valence-electron chi connectivity index (χ4n) is 1.93. The average Bonchev–Trinajstić information content (AvgIpc) is 2.36. The van der Waals surface area contributed by atoms with Gasteiger partial charge < -0.3 is 4.74 Å². The highest BCUT2D eigenvalue weighted by molar-refractivity contribution is 6.32. The van der Waals surface area contributed by atoms with Crippen LogP contribution in [-0.4, -0.2) is 0 Å². The molecule has 0 amide bonds. The third kappa shape index (κ3) is 2.89. The van der Waals surface area contributed by atoms with Gasteiger partial charge in [0, 0.05) is 5.02 Å². The Balaban J connectivity index is 2.32. The molecule has 0 saturated carbocycles. The first-order valence-corrected chi connectivity index (χ1v) is 6.34. The van der Waals surface area contributed by atoms with Gasteiger partial charge in [0.1, 0.15) is 11.5 Å². The van der Waals surface area contributed by atoms with E-state index in [1.165, 1.54) is 0 Å². The number of nitriles is 1. The minimum absolute atomic E-state index is 0.663. The van der Waals surface area contributed by atoms with Gasteiger partial charge in [-0.25, -0.2) is 0 Å². The van der Waals surface area contributed by atoms with Crippen molar-refractivity contribution in [3.05, 3.63) is 57.6 Å². The first kappa shape index (κ1) is 13.5. The molecule has 96 valence electrons. The largest absolute Gasteiger partial charge is 0.457 e. The summed E-state index contributed by atoms with van der Waals surface area (Å²) in [7, 11) is 0. The standard InChI is InChI=1S/C16H14ClNO/c1-10-6-14(5-4-13(10)9-18)19-15-7-11(2)16(17)12(3)8-15/h4-8H,1-3H3. The SMILES string of the molecule is Cc1cc(Oc2cc(C)c(Cl)c(C)c2)ccc1C#N. The van der Waals surface area contributed by atoms with Crippen molar-refractivity contribution in [3.63, 3.8) is 0 Å². The van der Waals surface area contributed by atoms with Gasteiger partial charge in [-0.3, -0.25) is 0 Å². The molecule has 2 nitrogen and oxygen atoms in total. The van der Waals surface area contributed by atoms with Crippen molar-refractivity contribution in [2.24, 2.45) is 0 Å². The van der Waals surface area contributed by atoms with Crippen molar-refractivity contribution >= 4 is 11.6 Å². The molecule has 0 aromatic heterocycles. The lowest BCUT2D eigenvalue weighted by molar-refractivity contribution is 0.481. The molecule has 0 aliphatic heterocycles. The monoisotopic (exact) mass is 271 g/mol. The maximum Gasteiger partial charge on any atom is 0.128 e. The van der Waals surface area contributed by atoms with Crippen molar-refractivity contribution in [1.29, 1.82) is 5.26 Å². The lowest BCUT2D eigenvalue weighted by Crippen LogP contribution is -1.90. The number of hydrogen-bond donors (Lipinski definition) is 0. The summed E-state index contributed by atoms with van der Waals surface area (Å²) in [5.74, 6) is 1.47. The second kappa shape index (κ2) is 5.34. The molecule has 0 atom stereocenters. The topological polar surface area (TPSA) is 33.0 Å². The zero-order valence-corrected chi connectivity index (χ0v) is 11.9. The Hall–Kier alpha value is -1.98. The molecule has 2 aromatic rings. The van der Waals surface area contributed by atoms with Crippen LogP contribution >= 0.6 is 11.6 Å². The van der Waals surface area contributed by atoms with E-state index in [2.05, 4.69) is 6.07 Å². The number of benzene rings is 2. The van der Waals surface area contributed by atoms with Gasteiger partial charge in [0.05, 0.1) is 11.6 Å². The Bertz CT molecular complexity index is 648. The van der Waals surface area contributed by atoms with Crippen LogP contribution in [0, 0.1) is 32.1 Å². The molecule has 0 fully saturated rings. The quantitative estimate of drug-likeness (QED) is 0.776. The molecule has 0 heterocycles. The molecule has 0 unspecified atom stereocenters. The van der Waals surface area contributed by atoms with Crippen LogP contribution in [0.3, 0.4) is 0 Å². The van der Waals surface area contributed by atoms with E-state index in [0.29, 0.717) is 5.56 Å². The number of hydrogen-bond acceptors (Lipinski definition) is 2. The van der Waals surface area contributed by atoms with Gasteiger partial charge in [-0.15, -0.1) is 0 Å². The lowest BCUT2D eigenvalue weighted by atomic mass is 10.1. The van der Waals surface area contributed by atoms with Crippen LogP contribution in [0.15, 0.2) is 30.3 Å². The Morgan fingerprint density at radius 3 is 2.05 bits per heavy atom. The maximum atomic E-state index is 8.90. The Kier molecular flexibility index (Phi) is 3.78. The van der Waals surface area contributed by atoms with E-state index in [4.69, 9.17) is 21.6 Å². The molecule has 0 aliphatic carbocycles. The van der Waals surface area contributed by atoms with Crippen LogP contribution in [0.5, 0.6) is 11.5 Å². The van der Waals surface area contributed by atoms with E-state index in [1.54, 1.807) is 12.1 Å². The van der Waals surface area contributed by atoms with Crippen molar-refractivity contribution in [2.45, 2.75) is 20.8 Å². The van der Waals surface area contributed by atoms with Gasteiger partial charge in [-0.2, -0.15) is 5.26 Å². The Labute approximate surface area is 118 Å². The summed E-state index contributed by atoms with van der Waals surface area (Å²) in [5, 5.41) is 9.66. The highest BCUT2D eigenvalue weighted by Gasteiger charge is 2.06. The minimum Gasteiger partial charge on any atom is -0.457 e. The molecule has 0 N–H and O–H groups in total. The van der Waals surface area contributed by atoms with Crippen LogP contribution in [0.25, 0.3) is 0 Å². The van der Waals surface area contributed by atoms with Crippen LogP contribution in [0.1, 0.15) is 22.3 Å². The smallest absolute Gasteiger partial charge is 0.128 e. The highest BCUT2D eigenvalue weighted by Crippen LogP contribution is 2.29. The molecule has 0 saturated heterocycles. The third-order valence-corrected chi connectivity index (χ3v) is 3.56. The van der Waals surface area contributed by atoms with Crippen molar-refractivity contribution in [1.82, 2.24) is 0 Å². The molecule has 3 heteroatoms. The number of halogens is 1. The molecule has 2 aromatic carbocycles. The molecule has 2 rings (SSSR count). The summed E-state index contributed by atoms with van der Waals surface area (Å²) in [4.78, 5) is 0. The minimum atomic E-state index is 0.663. The molecule has 19 heavy (non-hydrogen) atoms. The maximum absolute atomic E-state index is 8.90. The van der Waals surface area contributed by atoms with Crippen LogP contribution < -0.4 is 4.74 Å². The normalized spacial score (nSPS) is 10.1. The van der Waals surface area contributed by atoms with Gasteiger partial charge in [-0.1, -0.05) is 11.6 Å². The zero-order chi connectivity index (χ0) is 14.0. The summed E-state index contributed by atoms with van der Waals surface area (Å²) in [6, 6.07) is 11.4. The zero-order valence-electron chi connectivity index (χ0n) is 11.1. The molecule has 0 bridgehead atoms. The van der Waals surface area contributed by atoms with E-state index >= 15 is 0 Å². The Morgan fingerprint density at radius 2 is 1.53 bits per heavy atom. The first-order valence-electron chi connectivity index (χ1n) is 5.96. The van der Waals surface area contributed by atoms with Crippen molar-refractivity contribution in [2.75, 3.05) is 0 Å². The van der Waals surface area contributed by atoms with Gasteiger partial charge in [0.2, 0.25) is 0 Å². The lowest BCUT2D eigenvalue weighted by Gasteiger charge is -2.10. The van der Waals surface area contributed by atoms with E-state index < -0.39 is 0 Å². The molecule has 0 spiro atoms. The van der Waals surface area contributed by atoms with E-state index in [-0.39, 0.29) is 0 Å². The fraction of sp³-hybridized carbons (Fsp3) is 0.188. The number of ether oxygens (including phenoxy) is 1. The van der Waals surface area contributed by atoms with E-state index in [9.17, 15) is 0 Å². The van der Waals surface area contributed by atoms with E-state index in [0.717, 1.165) is 33.2 Å².